The van der Waals surface area contributed by atoms with E-state index in [1.165, 1.54) is 25.7 Å². The Morgan fingerprint density at radius 1 is 1.30 bits per heavy atom. The summed E-state index contributed by atoms with van der Waals surface area (Å²) in [6.07, 6.45) is 5.10. The molecule has 1 aromatic carbocycles. The van der Waals surface area contributed by atoms with Crippen molar-refractivity contribution in [2.24, 2.45) is 11.7 Å². The van der Waals surface area contributed by atoms with Crippen LogP contribution in [0.1, 0.15) is 44.2 Å². The molecule has 0 spiro atoms. The zero-order valence-electron chi connectivity index (χ0n) is 12.1. The first-order chi connectivity index (χ1) is 9.65. The van der Waals surface area contributed by atoms with E-state index >= 15 is 0 Å². The summed E-state index contributed by atoms with van der Waals surface area (Å²) in [5.41, 5.74) is 7.10. The lowest BCUT2D eigenvalue weighted by molar-refractivity contribution is 0.207. The normalized spacial score (nSPS) is 22.5. The summed E-state index contributed by atoms with van der Waals surface area (Å²) < 4.78 is 0. The smallest absolute Gasteiger partial charge is 0.0485 e. The van der Waals surface area contributed by atoms with Gasteiger partial charge in [-0.1, -0.05) is 36.5 Å². The topological polar surface area (TPSA) is 29.3 Å². The van der Waals surface area contributed by atoms with E-state index in [0.717, 1.165) is 34.6 Å². The number of nitrogens with two attached hydrogens (primary N) is 1. The van der Waals surface area contributed by atoms with E-state index in [2.05, 4.69) is 11.8 Å². The molecule has 2 unspecified atom stereocenters. The molecule has 0 saturated carbocycles. The number of hydrogen-bond acceptors (Lipinski definition) is 2. The van der Waals surface area contributed by atoms with Crippen molar-refractivity contribution in [2.45, 2.75) is 38.6 Å². The Kier molecular flexibility index (Phi) is 6.16. The third-order valence-corrected chi connectivity index (χ3v) is 5.02. The van der Waals surface area contributed by atoms with Crippen molar-refractivity contribution in [3.8, 4) is 0 Å². The van der Waals surface area contributed by atoms with Crippen LogP contribution in [0, 0.1) is 5.92 Å². The van der Waals surface area contributed by atoms with Gasteiger partial charge in [0.1, 0.15) is 0 Å². The van der Waals surface area contributed by atoms with Crippen molar-refractivity contribution in [2.75, 3.05) is 19.6 Å². The van der Waals surface area contributed by atoms with Gasteiger partial charge >= 0.3 is 0 Å². The van der Waals surface area contributed by atoms with Gasteiger partial charge in [-0.15, -0.1) is 0 Å². The lowest BCUT2D eigenvalue weighted by Gasteiger charge is -2.30. The maximum atomic E-state index is 6.34. The fourth-order valence-corrected chi connectivity index (χ4v) is 3.57. The van der Waals surface area contributed by atoms with Crippen LogP contribution in [-0.2, 0) is 0 Å². The zero-order valence-corrected chi connectivity index (χ0v) is 13.6. The minimum atomic E-state index is 0.178. The molecule has 1 fully saturated rings. The van der Waals surface area contributed by atoms with Crippen LogP contribution in [0.15, 0.2) is 18.2 Å². The summed E-state index contributed by atoms with van der Waals surface area (Å²) >= 11 is 12.5. The molecule has 1 aromatic rings. The van der Waals surface area contributed by atoms with E-state index in [-0.39, 0.29) is 6.04 Å². The van der Waals surface area contributed by atoms with Gasteiger partial charge in [-0.05, 0) is 62.0 Å². The molecule has 112 valence electrons. The van der Waals surface area contributed by atoms with Gasteiger partial charge in [-0.25, -0.2) is 0 Å². The Bertz CT molecular complexity index is 436. The van der Waals surface area contributed by atoms with Crippen molar-refractivity contribution < 1.29 is 0 Å². The van der Waals surface area contributed by atoms with Gasteiger partial charge < -0.3 is 5.73 Å². The van der Waals surface area contributed by atoms with Crippen LogP contribution in [0.25, 0.3) is 0 Å². The Morgan fingerprint density at radius 3 is 2.80 bits per heavy atom. The molecule has 1 aliphatic rings. The number of halogens is 2. The molecule has 20 heavy (non-hydrogen) atoms. The summed E-state index contributed by atoms with van der Waals surface area (Å²) in [4.78, 5) is 2.48. The third-order valence-electron chi connectivity index (χ3n) is 4.44. The SMILES string of the molecule is CCC1CCCN(C(CN)c2cc(Cl)ccc2Cl)CC1. The minimum Gasteiger partial charge on any atom is -0.329 e. The standard InChI is InChI=1S/C16H24Cl2N2/c1-2-12-4-3-8-20(9-7-12)16(11-19)14-10-13(17)5-6-15(14)18/h5-6,10,12,16H,2-4,7-9,11,19H2,1H3. The van der Waals surface area contributed by atoms with E-state index in [0.29, 0.717) is 6.54 Å². The quantitative estimate of drug-likeness (QED) is 0.886. The molecule has 4 heteroatoms. The molecule has 2 rings (SSSR count). The van der Waals surface area contributed by atoms with Gasteiger partial charge in [-0.3, -0.25) is 4.90 Å². The van der Waals surface area contributed by atoms with E-state index in [1.807, 2.05) is 18.2 Å². The second kappa shape index (κ2) is 7.65. The number of hydrogen-bond donors (Lipinski definition) is 1. The second-order valence-corrected chi connectivity index (χ2v) is 6.50. The third kappa shape index (κ3) is 3.88. The highest BCUT2D eigenvalue weighted by Gasteiger charge is 2.24. The summed E-state index contributed by atoms with van der Waals surface area (Å²) in [6, 6.07) is 5.84. The average Bonchev–Trinajstić information content (AvgIpc) is 2.69. The first kappa shape index (κ1) is 16.1. The Balaban J connectivity index is 2.17. The monoisotopic (exact) mass is 314 g/mol. The highest BCUT2D eigenvalue weighted by molar-refractivity contribution is 6.33. The maximum absolute atomic E-state index is 6.34. The lowest BCUT2D eigenvalue weighted by Crippen LogP contribution is -2.34. The molecule has 2 nitrogen and oxygen atoms in total. The number of rotatable bonds is 4. The predicted octanol–water partition coefficient (Wildman–Crippen LogP) is 4.51. The fourth-order valence-electron chi connectivity index (χ4n) is 3.15. The van der Waals surface area contributed by atoms with Gasteiger partial charge in [-0.2, -0.15) is 0 Å². The van der Waals surface area contributed by atoms with E-state index in [4.69, 9.17) is 28.9 Å². The van der Waals surface area contributed by atoms with Crippen molar-refractivity contribution in [1.29, 1.82) is 0 Å². The van der Waals surface area contributed by atoms with Crippen LogP contribution in [-0.4, -0.2) is 24.5 Å². The Labute approximate surface area is 132 Å². The van der Waals surface area contributed by atoms with Crippen LogP contribution >= 0.6 is 23.2 Å². The zero-order chi connectivity index (χ0) is 14.5. The molecular formula is C16H24Cl2N2. The molecule has 0 radical (unpaired) electrons. The largest absolute Gasteiger partial charge is 0.329 e. The van der Waals surface area contributed by atoms with E-state index in [1.54, 1.807) is 0 Å². The average molecular weight is 315 g/mol. The molecule has 2 N–H and O–H groups in total. The molecule has 0 aromatic heterocycles. The van der Waals surface area contributed by atoms with Gasteiger partial charge in [0, 0.05) is 22.6 Å². The van der Waals surface area contributed by atoms with E-state index < -0.39 is 0 Å². The van der Waals surface area contributed by atoms with Crippen LogP contribution in [0.4, 0.5) is 0 Å². The van der Waals surface area contributed by atoms with Crippen molar-refractivity contribution in [3.63, 3.8) is 0 Å². The fraction of sp³-hybridized carbons (Fsp3) is 0.625. The first-order valence-electron chi connectivity index (χ1n) is 7.54. The number of benzene rings is 1. The first-order valence-corrected chi connectivity index (χ1v) is 8.30. The molecule has 1 saturated heterocycles. The van der Waals surface area contributed by atoms with E-state index in [9.17, 15) is 0 Å². The summed E-state index contributed by atoms with van der Waals surface area (Å²) in [6.45, 7) is 5.07. The molecule has 1 heterocycles. The molecule has 0 bridgehead atoms. The number of nitrogens with zero attached hydrogens (tertiary/aromatic N) is 1. The van der Waals surface area contributed by atoms with Crippen LogP contribution in [0.3, 0.4) is 0 Å². The van der Waals surface area contributed by atoms with Gasteiger partial charge in [0.05, 0.1) is 0 Å². The molecule has 0 amide bonds. The highest BCUT2D eigenvalue weighted by atomic mass is 35.5. The van der Waals surface area contributed by atoms with Crippen molar-refractivity contribution in [3.05, 3.63) is 33.8 Å². The van der Waals surface area contributed by atoms with Crippen molar-refractivity contribution in [1.82, 2.24) is 4.90 Å². The molecular weight excluding hydrogens is 291 g/mol. The summed E-state index contributed by atoms with van der Waals surface area (Å²) in [5.74, 6) is 0.855. The van der Waals surface area contributed by atoms with Gasteiger partial charge in [0.25, 0.3) is 0 Å². The molecule has 2 atom stereocenters. The van der Waals surface area contributed by atoms with Gasteiger partial charge in [0.15, 0.2) is 0 Å². The minimum absolute atomic E-state index is 0.178. The second-order valence-electron chi connectivity index (χ2n) is 5.66. The Hall–Kier alpha value is -0.280. The van der Waals surface area contributed by atoms with Crippen LogP contribution in [0.5, 0.6) is 0 Å². The predicted molar refractivity (Wildman–Crippen MR) is 87.5 cm³/mol. The highest BCUT2D eigenvalue weighted by Crippen LogP contribution is 2.32. The van der Waals surface area contributed by atoms with Crippen LogP contribution in [0.2, 0.25) is 10.0 Å². The summed E-state index contributed by atoms with van der Waals surface area (Å²) in [7, 11) is 0. The summed E-state index contributed by atoms with van der Waals surface area (Å²) in [5, 5.41) is 1.49. The molecule has 1 aliphatic heterocycles. The maximum Gasteiger partial charge on any atom is 0.0485 e. The van der Waals surface area contributed by atoms with Crippen molar-refractivity contribution >= 4 is 23.2 Å². The Morgan fingerprint density at radius 2 is 2.10 bits per heavy atom. The molecule has 0 aliphatic carbocycles. The van der Waals surface area contributed by atoms with Gasteiger partial charge in [0.2, 0.25) is 0 Å². The number of likely N-dealkylation sites (tertiary alicyclic amines) is 1. The van der Waals surface area contributed by atoms with Crippen LogP contribution < -0.4 is 5.73 Å². The lowest BCUT2D eigenvalue weighted by atomic mass is 9.98.